The molecule has 0 aliphatic carbocycles. The van der Waals surface area contributed by atoms with E-state index < -0.39 is 7.82 Å². The third kappa shape index (κ3) is 6.63. The van der Waals surface area contributed by atoms with Gasteiger partial charge in [-0.1, -0.05) is 15.9 Å². The summed E-state index contributed by atoms with van der Waals surface area (Å²) in [6, 6.07) is 0. The van der Waals surface area contributed by atoms with Gasteiger partial charge in [-0.05, 0) is 20.3 Å². The Kier molecular flexibility index (Phi) is 8.31. The Morgan fingerprint density at radius 2 is 1.69 bits per heavy atom. The van der Waals surface area contributed by atoms with Crippen LogP contribution in [0.1, 0.15) is 20.3 Å². The lowest BCUT2D eigenvalue weighted by Gasteiger charge is -2.15. The molecule has 0 aromatic carbocycles. The molecule has 0 saturated heterocycles. The Morgan fingerprint density at radius 1 is 1.15 bits per heavy atom. The summed E-state index contributed by atoms with van der Waals surface area (Å²) in [4.78, 5) is 0. The smallest absolute Gasteiger partial charge is 0.287 e. The zero-order valence-electron chi connectivity index (χ0n) is 7.99. The molecule has 4 nitrogen and oxygen atoms in total. The summed E-state index contributed by atoms with van der Waals surface area (Å²) >= 11 is 3.24. The minimum Gasteiger partial charge on any atom is -0.287 e. The molecule has 0 atom stereocenters. The van der Waals surface area contributed by atoms with E-state index in [0.29, 0.717) is 19.8 Å². The second kappa shape index (κ2) is 7.94. The molecule has 0 aliphatic rings. The summed E-state index contributed by atoms with van der Waals surface area (Å²) in [5.41, 5.74) is 0. The zero-order valence-corrected chi connectivity index (χ0v) is 10.5. The van der Waals surface area contributed by atoms with Crippen molar-refractivity contribution in [3.05, 3.63) is 0 Å². The number of phosphoric ester groups is 1. The third-order valence-corrected chi connectivity index (χ3v) is 3.31. The molecule has 0 heterocycles. The van der Waals surface area contributed by atoms with Gasteiger partial charge >= 0.3 is 7.82 Å². The number of rotatable bonds is 8. The molecule has 0 saturated carbocycles. The first-order valence-corrected chi connectivity index (χ1v) is 6.86. The maximum absolute atomic E-state index is 11.6. The highest BCUT2D eigenvalue weighted by atomic mass is 79.9. The highest BCUT2D eigenvalue weighted by Gasteiger charge is 2.24. The fourth-order valence-corrected chi connectivity index (χ4v) is 2.10. The average Bonchev–Trinajstić information content (AvgIpc) is 2.05. The van der Waals surface area contributed by atoms with Gasteiger partial charge < -0.3 is 0 Å². The van der Waals surface area contributed by atoms with Gasteiger partial charge in [-0.25, -0.2) is 4.57 Å². The van der Waals surface area contributed by atoms with Gasteiger partial charge in [-0.15, -0.1) is 0 Å². The van der Waals surface area contributed by atoms with Crippen LogP contribution in [-0.4, -0.2) is 25.2 Å². The Hall–Kier alpha value is 0.590. The standard InChI is InChI=1S/C7H16BrO4P/c1-3-10-13(9,11-4-2)12-7-5-6-8/h3-7H2,1-2H3. The van der Waals surface area contributed by atoms with Crippen LogP contribution < -0.4 is 0 Å². The zero-order chi connectivity index (χ0) is 10.2. The largest absolute Gasteiger partial charge is 0.474 e. The van der Waals surface area contributed by atoms with Gasteiger partial charge in [0, 0.05) is 5.33 Å². The lowest BCUT2D eigenvalue weighted by molar-refractivity contribution is 0.122. The fourth-order valence-electron chi connectivity index (χ4n) is 0.659. The number of hydrogen-bond donors (Lipinski definition) is 0. The van der Waals surface area contributed by atoms with E-state index in [1.54, 1.807) is 13.8 Å². The lowest BCUT2D eigenvalue weighted by atomic mass is 10.5. The minimum absolute atomic E-state index is 0.325. The normalized spacial score (nSPS) is 11.9. The molecule has 80 valence electrons. The van der Waals surface area contributed by atoms with E-state index in [2.05, 4.69) is 15.9 Å². The van der Waals surface area contributed by atoms with Crippen molar-refractivity contribution in [2.75, 3.05) is 25.2 Å². The van der Waals surface area contributed by atoms with Crippen molar-refractivity contribution in [2.24, 2.45) is 0 Å². The molecular weight excluding hydrogens is 259 g/mol. The minimum atomic E-state index is -3.27. The molecule has 0 fully saturated rings. The number of halogens is 1. The van der Waals surface area contributed by atoms with Gasteiger partial charge in [0.05, 0.1) is 19.8 Å². The van der Waals surface area contributed by atoms with Crippen LogP contribution in [0.5, 0.6) is 0 Å². The van der Waals surface area contributed by atoms with E-state index >= 15 is 0 Å². The summed E-state index contributed by atoms with van der Waals surface area (Å²) in [5.74, 6) is 0. The molecule has 0 aliphatic heterocycles. The molecule has 6 heteroatoms. The van der Waals surface area contributed by atoms with E-state index in [1.165, 1.54) is 0 Å². The summed E-state index contributed by atoms with van der Waals surface area (Å²) in [6.45, 7) is 4.53. The van der Waals surface area contributed by atoms with Crippen LogP contribution in [0.15, 0.2) is 0 Å². The lowest BCUT2D eigenvalue weighted by Crippen LogP contribution is -2.01. The van der Waals surface area contributed by atoms with Crippen LogP contribution in [0.25, 0.3) is 0 Å². The molecule has 0 radical (unpaired) electrons. The number of phosphoric acid groups is 1. The fraction of sp³-hybridized carbons (Fsp3) is 1.00. The van der Waals surface area contributed by atoms with Crippen molar-refractivity contribution in [3.8, 4) is 0 Å². The molecule has 0 amide bonds. The van der Waals surface area contributed by atoms with Gasteiger partial charge in [0.25, 0.3) is 0 Å². The molecule has 0 rings (SSSR count). The summed E-state index contributed by atoms with van der Waals surface area (Å²) < 4.78 is 26.5. The molecule has 0 spiro atoms. The van der Waals surface area contributed by atoms with Crippen LogP contribution in [0.2, 0.25) is 0 Å². The van der Waals surface area contributed by atoms with E-state index in [1.807, 2.05) is 0 Å². The van der Waals surface area contributed by atoms with E-state index in [4.69, 9.17) is 13.6 Å². The number of hydrogen-bond acceptors (Lipinski definition) is 4. The molecule has 0 aromatic rings. The number of alkyl halides is 1. The second-order valence-electron chi connectivity index (χ2n) is 2.16. The first-order chi connectivity index (χ1) is 6.18. The van der Waals surface area contributed by atoms with Gasteiger partial charge in [-0.3, -0.25) is 13.6 Å². The van der Waals surface area contributed by atoms with Crippen molar-refractivity contribution < 1.29 is 18.1 Å². The Morgan fingerprint density at radius 3 is 2.08 bits per heavy atom. The maximum atomic E-state index is 11.6. The quantitative estimate of drug-likeness (QED) is 0.388. The predicted molar refractivity (Wildman–Crippen MR) is 55.2 cm³/mol. The van der Waals surface area contributed by atoms with Crippen molar-refractivity contribution in [2.45, 2.75) is 20.3 Å². The molecule has 13 heavy (non-hydrogen) atoms. The van der Waals surface area contributed by atoms with Crippen LogP contribution in [0, 0.1) is 0 Å². The van der Waals surface area contributed by atoms with Crippen molar-refractivity contribution in [1.29, 1.82) is 0 Å². The third-order valence-electron chi connectivity index (χ3n) is 1.10. The van der Waals surface area contributed by atoms with Gasteiger partial charge in [0.1, 0.15) is 0 Å². The Labute approximate surface area is 87.7 Å². The van der Waals surface area contributed by atoms with E-state index in [-0.39, 0.29) is 0 Å². The van der Waals surface area contributed by atoms with Gasteiger partial charge in [0.15, 0.2) is 0 Å². The molecule has 0 aromatic heterocycles. The summed E-state index contributed by atoms with van der Waals surface area (Å²) in [6.07, 6.45) is 0.782. The maximum Gasteiger partial charge on any atom is 0.474 e. The summed E-state index contributed by atoms with van der Waals surface area (Å²) in [7, 11) is -3.27. The van der Waals surface area contributed by atoms with Gasteiger partial charge in [0.2, 0.25) is 0 Å². The molecule has 0 unspecified atom stereocenters. The Balaban J connectivity index is 3.85. The SMILES string of the molecule is CCOP(=O)(OCC)OCCCBr. The Bertz CT molecular complexity index is 155. The second-order valence-corrected chi connectivity index (χ2v) is 4.62. The monoisotopic (exact) mass is 274 g/mol. The van der Waals surface area contributed by atoms with Crippen LogP contribution >= 0.6 is 23.8 Å². The van der Waals surface area contributed by atoms with Crippen LogP contribution in [0.4, 0.5) is 0 Å². The van der Waals surface area contributed by atoms with E-state index in [0.717, 1.165) is 11.8 Å². The average molecular weight is 275 g/mol. The topological polar surface area (TPSA) is 44.8 Å². The molecule has 0 bridgehead atoms. The van der Waals surface area contributed by atoms with E-state index in [9.17, 15) is 4.57 Å². The van der Waals surface area contributed by atoms with Crippen LogP contribution in [-0.2, 0) is 18.1 Å². The first kappa shape index (κ1) is 13.6. The summed E-state index contributed by atoms with van der Waals surface area (Å²) in [5, 5.41) is 0.811. The highest BCUT2D eigenvalue weighted by molar-refractivity contribution is 9.09. The van der Waals surface area contributed by atoms with Crippen molar-refractivity contribution in [1.82, 2.24) is 0 Å². The van der Waals surface area contributed by atoms with Crippen molar-refractivity contribution >= 4 is 23.8 Å². The van der Waals surface area contributed by atoms with Crippen LogP contribution in [0.3, 0.4) is 0 Å². The first-order valence-electron chi connectivity index (χ1n) is 4.28. The molecule has 0 N–H and O–H groups in total. The predicted octanol–water partition coefficient (Wildman–Crippen LogP) is 2.97. The highest BCUT2D eigenvalue weighted by Crippen LogP contribution is 2.49. The molecular formula is C7H16BrO4P. The van der Waals surface area contributed by atoms with Gasteiger partial charge in [-0.2, -0.15) is 0 Å². The van der Waals surface area contributed by atoms with Crippen molar-refractivity contribution in [3.63, 3.8) is 0 Å².